The van der Waals surface area contributed by atoms with Crippen LogP contribution in [0.1, 0.15) is 6.42 Å². The zero-order chi connectivity index (χ0) is 18.8. The molecule has 0 saturated carbocycles. The monoisotopic (exact) mass is 415 g/mol. The molecule has 2 heterocycles. The van der Waals surface area contributed by atoms with Crippen LogP contribution < -0.4 is 10.6 Å². The van der Waals surface area contributed by atoms with Crippen molar-refractivity contribution in [3.05, 3.63) is 58.9 Å². The molecule has 0 fully saturated rings. The number of anilines is 2. The number of thioether (sulfide) groups is 1. The third kappa shape index (κ3) is 4.16. The van der Waals surface area contributed by atoms with E-state index in [9.17, 15) is 9.59 Å². The average molecular weight is 416 g/mol. The number of nitrogens with one attached hydrogen (secondary N) is 2. The van der Waals surface area contributed by atoms with E-state index in [-0.39, 0.29) is 18.2 Å². The van der Waals surface area contributed by atoms with Crippen molar-refractivity contribution in [2.45, 2.75) is 16.6 Å². The number of hydrogen-bond acceptors (Lipinski definition) is 5. The van der Waals surface area contributed by atoms with Gasteiger partial charge in [-0.05, 0) is 18.2 Å². The zero-order valence-electron chi connectivity index (χ0n) is 13.9. The van der Waals surface area contributed by atoms with Crippen LogP contribution in [0.4, 0.5) is 10.8 Å². The summed E-state index contributed by atoms with van der Waals surface area (Å²) in [6.07, 6.45) is 0.0683. The molecule has 4 rings (SSSR count). The molecule has 0 saturated heterocycles. The van der Waals surface area contributed by atoms with Gasteiger partial charge in [-0.3, -0.25) is 9.59 Å². The van der Waals surface area contributed by atoms with Crippen molar-refractivity contribution in [3.63, 3.8) is 0 Å². The van der Waals surface area contributed by atoms with E-state index in [1.165, 1.54) is 23.1 Å². The molecule has 2 amide bonds. The van der Waals surface area contributed by atoms with Gasteiger partial charge in [-0.1, -0.05) is 41.9 Å². The maximum absolute atomic E-state index is 12.4. The van der Waals surface area contributed by atoms with Gasteiger partial charge < -0.3 is 10.6 Å². The quantitative estimate of drug-likeness (QED) is 0.635. The highest BCUT2D eigenvalue weighted by atomic mass is 35.5. The molecule has 1 unspecified atom stereocenters. The molecule has 2 aromatic carbocycles. The minimum Gasteiger partial charge on any atom is -0.324 e. The standard InChI is InChI=1S/C19H14ClN3O2S2/c20-12-6-7-15-13(8-12)21-18(25)16(27-15)9-17(24)23-19-22-14(10-26-19)11-4-2-1-3-5-11/h1-8,10,16H,9H2,(H,21,25)(H,22,23,24). The third-order valence-electron chi connectivity index (χ3n) is 3.95. The molecule has 0 radical (unpaired) electrons. The molecule has 0 spiro atoms. The van der Waals surface area contributed by atoms with Gasteiger partial charge in [-0.25, -0.2) is 4.98 Å². The summed E-state index contributed by atoms with van der Waals surface area (Å²) in [5.41, 5.74) is 2.49. The predicted octanol–water partition coefficient (Wildman–Crippen LogP) is 4.91. The molecule has 0 bridgehead atoms. The van der Waals surface area contributed by atoms with E-state index in [0.717, 1.165) is 16.2 Å². The van der Waals surface area contributed by atoms with Crippen molar-refractivity contribution in [1.82, 2.24) is 4.98 Å². The minimum atomic E-state index is -0.493. The summed E-state index contributed by atoms with van der Waals surface area (Å²) in [7, 11) is 0. The highest BCUT2D eigenvalue weighted by Crippen LogP contribution is 2.38. The maximum atomic E-state index is 12.4. The molecular weight excluding hydrogens is 402 g/mol. The lowest BCUT2D eigenvalue weighted by atomic mass is 10.2. The number of hydrogen-bond donors (Lipinski definition) is 2. The first-order valence-electron chi connectivity index (χ1n) is 8.16. The largest absolute Gasteiger partial charge is 0.324 e. The molecule has 8 heteroatoms. The van der Waals surface area contributed by atoms with Gasteiger partial charge in [0.25, 0.3) is 0 Å². The lowest BCUT2D eigenvalue weighted by Gasteiger charge is -2.23. The summed E-state index contributed by atoms with van der Waals surface area (Å²) in [6, 6.07) is 15.1. The minimum absolute atomic E-state index is 0.0683. The van der Waals surface area contributed by atoms with E-state index in [0.29, 0.717) is 15.8 Å². The van der Waals surface area contributed by atoms with Gasteiger partial charge in [0.15, 0.2) is 5.13 Å². The van der Waals surface area contributed by atoms with Crippen molar-refractivity contribution < 1.29 is 9.59 Å². The summed E-state index contributed by atoms with van der Waals surface area (Å²) in [4.78, 5) is 30.0. The van der Waals surface area contributed by atoms with Crippen LogP contribution >= 0.6 is 34.7 Å². The Kier molecular flexibility index (Phi) is 5.15. The Morgan fingerprint density at radius 1 is 1.22 bits per heavy atom. The van der Waals surface area contributed by atoms with E-state index in [1.54, 1.807) is 12.1 Å². The topological polar surface area (TPSA) is 71.1 Å². The van der Waals surface area contributed by atoms with Gasteiger partial charge in [0.1, 0.15) is 0 Å². The van der Waals surface area contributed by atoms with Crippen molar-refractivity contribution in [2.75, 3.05) is 10.6 Å². The van der Waals surface area contributed by atoms with Gasteiger partial charge in [0.2, 0.25) is 11.8 Å². The molecule has 1 atom stereocenters. The Hall–Kier alpha value is -2.35. The number of carbonyl (C=O) groups excluding carboxylic acids is 2. The van der Waals surface area contributed by atoms with Gasteiger partial charge in [0.05, 0.1) is 16.6 Å². The summed E-state index contributed by atoms with van der Waals surface area (Å²) in [5, 5.41) is 8.08. The van der Waals surface area contributed by atoms with Crippen molar-refractivity contribution in [1.29, 1.82) is 0 Å². The first-order valence-corrected chi connectivity index (χ1v) is 10.3. The smallest absolute Gasteiger partial charge is 0.238 e. The van der Waals surface area contributed by atoms with E-state index in [2.05, 4.69) is 15.6 Å². The Balaban J connectivity index is 1.40. The fourth-order valence-corrected chi connectivity index (χ4v) is 4.67. The second-order valence-electron chi connectivity index (χ2n) is 5.89. The van der Waals surface area contributed by atoms with Gasteiger partial charge in [-0.2, -0.15) is 0 Å². The van der Waals surface area contributed by atoms with Gasteiger partial charge >= 0.3 is 0 Å². The zero-order valence-corrected chi connectivity index (χ0v) is 16.3. The molecule has 1 aromatic heterocycles. The predicted molar refractivity (Wildman–Crippen MR) is 111 cm³/mol. The second kappa shape index (κ2) is 7.72. The SMILES string of the molecule is O=C(CC1Sc2ccc(Cl)cc2NC1=O)Nc1nc(-c2ccccc2)cs1. The summed E-state index contributed by atoms with van der Waals surface area (Å²) < 4.78 is 0. The van der Waals surface area contributed by atoms with E-state index in [4.69, 9.17) is 11.6 Å². The van der Waals surface area contributed by atoms with Crippen LogP contribution in [0.15, 0.2) is 58.8 Å². The maximum Gasteiger partial charge on any atom is 0.238 e. The van der Waals surface area contributed by atoms with Crippen LogP contribution in [-0.2, 0) is 9.59 Å². The van der Waals surface area contributed by atoms with Crippen LogP contribution in [0.2, 0.25) is 5.02 Å². The Bertz CT molecular complexity index is 1010. The number of carbonyl (C=O) groups is 2. The Morgan fingerprint density at radius 3 is 2.85 bits per heavy atom. The molecule has 2 N–H and O–H groups in total. The highest BCUT2D eigenvalue weighted by Gasteiger charge is 2.29. The summed E-state index contributed by atoms with van der Waals surface area (Å²) in [6.45, 7) is 0. The molecular formula is C19H14ClN3O2S2. The number of amides is 2. The highest BCUT2D eigenvalue weighted by molar-refractivity contribution is 8.01. The van der Waals surface area contributed by atoms with Crippen LogP contribution in [0.3, 0.4) is 0 Å². The summed E-state index contributed by atoms with van der Waals surface area (Å²) in [5.74, 6) is -0.442. The molecule has 1 aliphatic rings. The lowest BCUT2D eigenvalue weighted by Crippen LogP contribution is -2.32. The fraction of sp³-hybridized carbons (Fsp3) is 0.105. The number of nitrogens with zero attached hydrogens (tertiary/aromatic N) is 1. The molecule has 136 valence electrons. The van der Waals surface area contributed by atoms with Crippen molar-refractivity contribution >= 4 is 57.3 Å². The van der Waals surface area contributed by atoms with Crippen LogP contribution in [0.25, 0.3) is 11.3 Å². The van der Waals surface area contributed by atoms with Crippen LogP contribution in [0, 0.1) is 0 Å². The van der Waals surface area contributed by atoms with Crippen LogP contribution in [-0.4, -0.2) is 22.0 Å². The molecule has 27 heavy (non-hydrogen) atoms. The lowest BCUT2D eigenvalue weighted by molar-refractivity contribution is -0.120. The first-order chi connectivity index (χ1) is 13.1. The van der Waals surface area contributed by atoms with Gasteiger partial charge in [-0.15, -0.1) is 23.1 Å². The van der Waals surface area contributed by atoms with Crippen LogP contribution in [0.5, 0.6) is 0 Å². The van der Waals surface area contributed by atoms with E-state index >= 15 is 0 Å². The van der Waals surface area contributed by atoms with Crippen molar-refractivity contribution in [3.8, 4) is 11.3 Å². The number of thiazole rings is 1. The van der Waals surface area contributed by atoms with E-state index in [1.807, 2.05) is 41.8 Å². The molecule has 3 aromatic rings. The second-order valence-corrected chi connectivity index (χ2v) is 8.43. The number of fused-ring (bicyclic) bond motifs is 1. The molecule has 1 aliphatic heterocycles. The number of rotatable bonds is 4. The fourth-order valence-electron chi connectivity index (χ4n) is 2.67. The average Bonchev–Trinajstić information content (AvgIpc) is 3.11. The van der Waals surface area contributed by atoms with E-state index < -0.39 is 5.25 Å². The Labute approximate surface area is 169 Å². The van der Waals surface area contributed by atoms with Crippen molar-refractivity contribution in [2.24, 2.45) is 0 Å². The summed E-state index contributed by atoms with van der Waals surface area (Å²) >= 11 is 8.68. The van der Waals surface area contributed by atoms with Gasteiger partial charge in [0, 0.05) is 27.3 Å². The molecule has 0 aliphatic carbocycles. The Morgan fingerprint density at radius 2 is 2.04 bits per heavy atom. The number of benzene rings is 2. The number of aromatic nitrogens is 1. The normalized spacial score (nSPS) is 15.7. The first kappa shape index (κ1) is 18.0. The molecule has 5 nitrogen and oxygen atoms in total. The third-order valence-corrected chi connectivity index (χ3v) is 6.22. The number of halogens is 1.